The molecule has 2 heterocycles. The lowest BCUT2D eigenvalue weighted by atomic mass is 9.98. The molecule has 3 aromatic carbocycles. The van der Waals surface area contributed by atoms with Gasteiger partial charge in [-0.15, -0.1) is 5.10 Å². The maximum atomic E-state index is 12.3. The summed E-state index contributed by atoms with van der Waals surface area (Å²) in [5.74, 6) is 0.763. The van der Waals surface area contributed by atoms with E-state index in [1.807, 2.05) is 36.4 Å². The van der Waals surface area contributed by atoms with E-state index in [2.05, 4.69) is 21.6 Å². The highest BCUT2D eigenvalue weighted by Crippen LogP contribution is 2.32. The lowest BCUT2D eigenvalue weighted by Crippen LogP contribution is -2.23. The van der Waals surface area contributed by atoms with E-state index < -0.39 is 5.97 Å². The van der Waals surface area contributed by atoms with Gasteiger partial charge in [0.25, 0.3) is 0 Å². The van der Waals surface area contributed by atoms with Crippen molar-refractivity contribution in [3.8, 4) is 17.1 Å². The van der Waals surface area contributed by atoms with Gasteiger partial charge in [-0.25, -0.2) is 9.48 Å². The molecule has 9 heteroatoms. The Morgan fingerprint density at radius 1 is 1.20 bits per heavy atom. The molecule has 9 nitrogen and oxygen atoms in total. The van der Waals surface area contributed by atoms with Crippen molar-refractivity contribution in [1.29, 1.82) is 0 Å². The van der Waals surface area contributed by atoms with Crippen molar-refractivity contribution in [3.63, 3.8) is 0 Å². The number of fused-ring (bicyclic) bond motifs is 1. The molecule has 1 aromatic heterocycles. The monoisotopic (exact) mass is 474 g/mol. The van der Waals surface area contributed by atoms with Crippen LogP contribution in [0, 0.1) is 0 Å². The normalized spacial score (nSPS) is 17.9. The summed E-state index contributed by atoms with van der Waals surface area (Å²) in [5.41, 5.74) is 3.16. The van der Waals surface area contributed by atoms with Crippen molar-refractivity contribution in [2.45, 2.75) is 31.7 Å². The van der Waals surface area contributed by atoms with Crippen molar-refractivity contribution >= 4 is 16.7 Å². The van der Waals surface area contributed by atoms with Crippen molar-refractivity contribution in [2.75, 3.05) is 13.7 Å². The Balaban J connectivity index is 1.41. The van der Waals surface area contributed by atoms with E-state index in [1.165, 1.54) is 7.11 Å². The van der Waals surface area contributed by atoms with E-state index in [-0.39, 0.29) is 12.2 Å². The third-order valence-corrected chi connectivity index (χ3v) is 6.19. The standard InChI is InChI=1S/C26H26N4O5/c1-30-25(27-28-29-30)23-13-19(26(32)33-2)11-18-12-21(6-7-22(18)23)35-15-16-4-3-5-17(10-16)24-14-20(31)8-9-34-24/h3-7,10-13,20,24,31H,8-9,14-15H2,1-2H3. The Labute approximate surface area is 202 Å². The molecule has 1 N–H and O–H groups in total. The number of hydrogen-bond donors (Lipinski definition) is 1. The number of carbonyl (C=O) groups is 1. The molecule has 0 saturated carbocycles. The number of benzene rings is 3. The number of aryl methyl sites for hydroxylation is 1. The van der Waals surface area contributed by atoms with E-state index in [0.29, 0.717) is 43.2 Å². The van der Waals surface area contributed by atoms with Crippen molar-refractivity contribution < 1.29 is 24.1 Å². The molecule has 2 atom stereocenters. The molecule has 1 fully saturated rings. The smallest absolute Gasteiger partial charge is 0.337 e. The summed E-state index contributed by atoms with van der Waals surface area (Å²) >= 11 is 0. The zero-order valence-electron chi connectivity index (χ0n) is 19.5. The summed E-state index contributed by atoms with van der Waals surface area (Å²) in [7, 11) is 3.10. The average molecular weight is 475 g/mol. The fraction of sp³-hybridized carbons (Fsp3) is 0.308. The molecular formula is C26H26N4O5. The summed E-state index contributed by atoms with van der Waals surface area (Å²) in [6, 6.07) is 17.3. The first-order chi connectivity index (χ1) is 17.0. The minimum absolute atomic E-state index is 0.107. The zero-order chi connectivity index (χ0) is 24.4. The molecule has 180 valence electrons. The quantitative estimate of drug-likeness (QED) is 0.422. The molecule has 0 amide bonds. The molecule has 1 saturated heterocycles. The van der Waals surface area contributed by atoms with Crippen LogP contribution in [-0.2, 0) is 23.1 Å². The molecule has 0 aliphatic carbocycles. The Morgan fingerprint density at radius 3 is 2.86 bits per heavy atom. The average Bonchev–Trinajstić information content (AvgIpc) is 3.31. The van der Waals surface area contributed by atoms with Gasteiger partial charge >= 0.3 is 5.97 Å². The highest BCUT2D eigenvalue weighted by Gasteiger charge is 2.22. The van der Waals surface area contributed by atoms with E-state index >= 15 is 0 Å². The van der Waals surface area contributed by atoms with Crippen LogP contribution in [0.5, 0.6) is 5.75 Å². The molecule has 0 radical (unpaired) electrons. The number of esters is 1. The second-order valence-corrected chi connectivity index (χ2v) is 8.60. The number of aliphatic hydroxyl groups is 1. The number of methoxy groups -OCH3 is 1. The van der Waals surface area contributed by atoms with Crippen LogP contribution in [0.2, 0.25) is 0 Å². The first-order valence-corrected chi connectivity index (χ1v) is 11.4. The maximum Gasteiger partial charge on any atom is 0.337 e. The van der Waals surface area contributed by atoms with Crippen molar-refractivity contribution in [2.24, 2.45) is 7.05 Å². The first kappa shape index (κ1) is 22.9. The summed E-state index contributed by atoms with van der Waals surface area (Å²) in [6.45, 7) is 0.926. The Bertz CT molecular complexity index is 1370. The number of hydrogen-bond acceptors (Lipinski definition) is 8. The van der Waals surface area contributed by atoms with Gasteiger partial charge in [0.2, 0.25) is 0 Å². The van der Waals surface area contributed by atoms with Gasteiger partial charge in [0.05, 0.1) is 24.9 Å². The lowest BCUT2D eigenvalue weighted by molar-refractivity contribution is -0.0448. The molecular weight excluding hydrogens is 448 g/mol. The van der Waals surface area contributed by atoms with Gasteiger partial charge < -0.3 is 19.3 Å². The van der Waals surface area contributed by atoms with Gasteiger partial charge in [0.15, 0.2) is 5.82 Å². The van der Waals surface area contributed by atoms with Crippen LogP contribution in [0.4, 0.5) is 0 Å². The second kappa shape index (κ2) is 9.81. The van der Waals surface area contributed by atoms with Crippen LogP contribution in [0.1, 0.15) is 40.4 Å². The van der Waals surface area contributed by atoms with Crippen LogP contribution in [0.25, 0.3) is 22.2 Å². The van der Waals surface area contributed by atoms with Crippen LogP contribution in [0.15, 0.2) is 54.6 Å². The second-order valence-electron chi connectivity index (χ2n) is 8.60. The van der Waals surface area contributed by atoms with Gasteiger partial charge in [-0.1, -0.05) is 18.2 Å². The molecule has 35 heavy (non-hydrogen) atoms. The predicted molar refractivity (Wildman–Crippen MR) is 128 cm³/mol. The van der Waals surface area contributed by atoms with E-state index in [9.17, 15) is 9.90 Å². The molecule has 1 aliphatic rings. The molecule has 5 rings (SSSR count). The first-order valence-electron chi connectivity index (χ1n) is 11.4. The minimum Gasteiger partial charge on any atom is -0.489 e. The fourth-order valence-corrected chi connectivity index (χ4v) is 4.38. The molecule has 0 spiro atoms. The van der Waals surface area contributed by atoms with Gasteiger partial charge in [0.1, 0.15) is 12.4 Å². The summed E-state index contributed by atoms with van der Waals surface area (Å²) in [5, 5.41) is 23.4. The number of aliphatic hydroxyl groups excluding tert-OH is 1. The van der Waals surface area contributed by atoms with Crippen LogP contribution >= 0.6 is 0 Å². The van der Waals surface area contributed by atoms with Gasteiger partial charge in [-0.3, -0.25) is 0 Å². The Hall–Kier alpha value is -3.82. The summed E-state index contributed by atoms with van der Waals surface area (Å²) in [6.07, 6.45) is 0.836. The van der Waals surface area contributed by atoms with Crippen molar-refractivity contribution in [3.05, 3.63) is 71.3 Å². The van der Waals surface area contributed by atoms with Gasteiger partial charge in [-0.2, -0.15) is 0 Å². The van der Waals surface area contributed by atoms with Crippen LogP contribution < -0.4 is 4.74 Å². The molecule has 1 aliphatic heterocycles. The van der Waals surface area contributed by atoms with E-state index in [0.717, 1.165) is 27.5 Å². The zero-order valence-corrected chi connectivity index (χ0v) is 19.5. The van der Waals surface area contributed by atoms with Crippen molar-refractivity contribution in [1.82, 2.24) is 20.2 Å². The number of tetrazole rings is 1. The van der Waals surface area contributed by atoms with Crippen LogP contribution in [0.3, 0.4) is 0 Å². The summed E-state index contributed by atoms with van der Waals surface area (Å²) in [4.78, 5) is 12.3. The minimum atomic E-state index is -0.443. The highest BCUT2D eigenvalue weighted by atomic mass is 16.5. The van der Waals surface area contributed by atoms with E-state index in [1.54, 1.807) is 23.9 Å². The third kappa shape index (κ3) is 4.87. The molecule has 2 unspecified atom stereocenters. The molecule has 4 aromatic rings. The largest absolute Gasteiger partial charge is 0.489 e. The number of nitrogens with zero attached hydrogens (tertiary/aromatic N) is 4. The van der Waals surface area contributed by atoms with Crippen LogP contribution in [-0.4, -0.2) is 51.1 Å². The maximum absolute atomic E-state index is 12.3. The summed E-state index contributed by atoms with van der Waals surface area (Å²) < 4.78 is 18.4. The lowest BCUT2D eigenvalue weighted by Gasteiger charge is -2.27. The number of aromatic nitrogens is 4. The third-order valence-electron chi connectivity index (χ3n) is 6.19. The molecule has 0 bridgehead atoms. The SMILES string of the molecule is COC(=O)c1cc(-c2nnnn2C)c2ccc(OCc3cccc(C4CC(O)CCO4)c3)cc2c1. The van der Waals surface area contributed by atoms with E-state index in [4.69, 9.17) is 14.2 Å². The van der Waals surface area contributed by atoms with Gasteiger partial charge in [-0.05, 0) is 75.1 Å². The highest BCUT2D eigenvalue weighted by molar-refractivity contribution is 6.02. The topological polar surface area (TPSA) is 109 Å². The Kier molecular flexibility index (Phi) is 6.43. The number of ether oxygens (including phenoxy) is 3. The fourth-order valence-electron chi connectivity index (χ4n) is 4.38. The Morgan fingerprint density at radius 2 is 2.09 bits per heavy atom. The number of carbonyl (C=O) groups excluding carboxylic acids is 1. The number of rotatable bonds is 6. The predicted octanol–water partition coefficient (Wildman–Crippen LogP) is 3.61. The van der Waals surface area contributed by atoms with Gasteiger partial charge in [0, 0.05) is 25.6 Å².